The third-order valence-electron chi connectivity index (χ3n) is 11.8. The number of hydrogen-bond acceptors (Lipinski definition) is 10. The predicted octanol–water partition coefficient (Wildman–Crippen LogP) is 10.00. The smallest absolute Gasteiger partial charge is 0.127 e. The molecule has 0 heterocycles. The van der Waals surface area contributed by atoms with Gasteiger partial charge in [-0.05, 0) is 132 Å². The van der Waals surface area contributed by atoms with Crippen LogP contribution in [-0.4, -0.2) is 109 Å². The molecule has 0 aliphatic carbocycles. The van der Waals surface area contributed by atoms with Gasteiger partial charge >= 0.3 is 0 Å². The summed E-state index contributed by atoms with van der Waals surface area (Å²) >= 11 is 0. The Kier molecular flexibility index (Phi) is 18.4. The third-order valence-corrected chi connectivity index (χ3v) is 11.8. The van der Waals surface area contributed by atoms with E-state index in [4.69, 9.17) is 18.9 Å². The summed E-state index contributed by atoms with van der Waals surface area (Å²) < 4.78 is 25.4. The first-order valence-electron chi connectivity index (χ1n) is 23.2. The highest BCUT2D eigenvalue weighted by molar-refractivity contribution is 6.03. The Labute approximate surface area is 379 Å². The van der Waals surface area contributed by atoms with E-state index >= 15 is 0 Å². The Balaban J connectivity index is 1.43. The number of benzene rings is 6. The van der Waals surface area contributed by atoms with Gasteiger partial charge in [0.25, 0.3) is 0 Å². The maximum absolute atomic E-state index is 11.9. The first-order chi connectivity index (χ1) is 31.3. The van der Waals surface area contributed by atoms with E-state index in [-0.39, 0.29) is 24.7 Å². The Hall–Kier alpha value is -5.52. The van der Waals surface area contributed by atoms with Crippen molar-refractivity contribution in [3.05, 3.63) is 119 Å². The highest BCUT2D eigenvalue weighted by Gasteiger charge is 2.21. The van der Waals surface area contributed by atoms with Crippen molar-refractivity contribution in [2.45, 2.75) is 66.2 Å². The minimum absolute atomic E-state index is 0.0292. The summed E-state index contributed by atoms with van der Waals surface area (Å²) in [6.45, 7) is 16.2. The molecule has 4 N–H and O–H groups in total. The van der Waals surface area contributed by atoms with E-state index < -0.39 is 0 Å². The second-order valence-electron chi connectivity index (χ2n) is 16.3. The number of ether oxygens (including phenoxy) is 4. The van der Waals surface area contributed by atoms with Gasteiger partial charge in [-0.3, -0.25) is 4.90 Å². The van der Waals surface area contributed by atoms with Gasteiger partial charge in [-0.1, -0.05) is 64.1 Å². The molecule has 6 aromatic carbocycles. The number of fused-ring (bicyclic) bond motifs is 2. The Bertz CT molecular complexity index is 2370. The first-order valence-corrected chi connectivity index (χ1v) is 23.2. The van der Waals surface area contributed by atoms with Gasteiger partial charge in [-0.2, -0.15) is 0 Å². The van der Waals surface area contributed by atoms with E-state index in [1.165, 1.54) is 0 Å². The number of aliphatic hydroxyl groups is 2. The molecule has 342 valence electrons. The topological polar surface area (TPSA) is 124 Å². The van der Waals surface area contributed by atoms with Crippen molar-refractivity contribution in [3.63, 3.8) is 0 Å². The molecule has 0 aromatic heterocycles. The summed E-state index contributed by atoms with van der Waals surface area (Å²) in [6, 6.07) is 31.4. The van der Waals surface area contributed by atoms with Crippen LogP contribution < -0.4 is 18.9 Å². The minimum atomic E-state index is 0.0292. The molecule has 0 unspecified atom stereocenters. The van der Waals surface area contributed by atoms with Gasteiger partial charge < -0.3 is 44.3 Å². The molecule has 64 heavy (non-hydrogen) atoms. The second-order valence-corrected chi connectivity index (χ2v) is 16.3. The van der Waals surface area contributed by atoms with Crippen LogP contribution in [0, 0.1) is 0 Å². The van der Waals surface area contributed by atoms with Gasteiger partial charge in [0.1, 0.15) is 47.7 Å². The van der Waals surface area contributed by atoms with Crippen LogP contribution in [0.3, 0.4) is 0 Å². The number of nitrogens with zero attached hydrogens (tertiary/aromatic N) is 2. The van der Waals surface area contributed by atoms with Crippen molar-refractivity contribution in [3.8, 4) is 45.6 Å². The molecule has 0 radical (unpaired) electrons. The number of likely N-dealkylation sites (N-methyl/N-ethyl adjacent to an activating group) is 1. The molecule has 0 saturated heterocycles. The first kappa shape index (κ1) is 47.9. The van der Waals surface area contributed by atoms with Crippen molar-refractivity contribution < 1.29 is 39.4 Å². The lowest BCUT2D eigenvalue weighted by Crippen LogP contribution is -2.30. The lowest BCUT2D eigenvalue weighted by molar-refractivity contribution is 0.209. The number of aliphatic hydroxyl groups excluding tert-OH is 2. The summed E-state index contributed by atoms with van der Waals surface area (Å²) in [7, 11) is 0. The zero-order chi connectivity index (χ0) is 45.3. The van der Waals surface area contributed by atoms with E-state index in [1.54, 1.807) is 18.2 Å². The SMILES string of the molecule is CCCN(CCC)CCOc1ccc(Cc2c(OCCCO)ccc3cc(O)ccc23)cc1-c1c(O)ccc2c(Cc3ccc(OCCN(CC)CC)cc3)c(OCCCO)ccc12. The average Bonchev–Trinajstić information content (AvgIpc) is 3.30. The molecule has 0 atom stereocenters. The number of hydrogen-bond donors (Lipinski definition) is 4. The van der Waals surface area contributed by atoms with E-state index in [0.717, 1.165) is 113 Å². The van der Waals surface area contributed by atoms with Gasteiger partial charge in [0.05, 0.1) is 13.2 Å². The van der Waals surface area contributed by atoms with E-state index in [1.807, 2.05) is 54.6 Å². The van der Waals surface area contributed by atoms with Gasteiger partial charge in [0, 0.05) is 74.2 Å². The maximum atomic E-state index is 11.9. The van der Waals surface area contributed by atoms with Crippen LogP contribution in [-0.2, 0) is 12.8 Å². The van der Waals surface area contributed by atoms with Crippen molar-refractivity contribution >= 4 is 21.5 Å². The van der Waals surface area contributed by atoms with Crippen LogP contribution in [0.1, 0.15) is 75.6 Å². The normalized spacial score (nSPS) is 11.6. The van der Waals surface area contributed by atoms with Crippen LogP contribution in [0.2, 0.25) is 0 Å². The largest absolute Gasteiger partial charge is 0.508 e. The highest BCUT2D eigenvalue weighted by atomic mass is 16.5. The zero-order valence-electron chi connectivity index (χ0n) is 38.3. The number of phenols is 2. The highest BCUT2D eigenvalue weighted by Crippen LogP contribution is 2.45. The molecule has 0 amide bonds. The molecule has 6 rings (SSSR count). The lowest BCUT2D eigenvalue weighted by Gasteiger charge is -2.22. The molecule has 10 heteroatoms. The second kappa shape index (κ2) is 24.5. The molecular formula is C54H68N2O8. The molecule has 0 aliphatic heterocycles. The molecule has 0 bridgehead atoms. The van der Waals surface area contributed by atoms with Crippen molar-refractivity contribution in [1.82, 2.24) is 9.80 Å². The molecular weight excluding hydrogens is 805 g/mol. The van der Waals surface area contributed by atoms with Crippen LogP contribution in [0.25, 0.3) is 32.7 Å². The molecule has 0 spiro atoms. The molecule has 0 saturated carbocycles. The van der Waals surface area contributed by atoms with Crippen LogP contribution >= 0.6 is 0 Å². The third kappa shape index (κ3) is 12.6. The molecule has 0 fully saturated rings. The quantitative estimate of drug-likeness (QED) is 0.0372. The molecule has 6 aromatic rings. The Morgan fingerprint density at radius 3 is 1.72 bits per heavy atom. The van der Waals surface area contributed by atoms with Crippen molar-refractivity contribution in [1.29, 1.82) is 0 Å². The monoisotopic (exact) mass is 872 g/mol. The average molecular weight is 873 g/mol. The standard InChI is InChI=1S/C54H68N2O8/c1-5-25-56(26-6-2)28-34-64-53-22-13-40(36-47-44-18-15-42(59)38-41(44)14-23-51(47)62-31-9-29-57)37-49(53)54-46-20-24-52(63-32-10-30-58)48(45(46)19-21-50(54)60)35-39-11-16-43(17-12-39)61-33-27-55(7-3)8-4/h11-24,37-38,57-60H,5-10,25-36H2,1-4H3. The summed E-state index contributed by atoms with van der Waals surface area (Å²) in [5.74, 6) is 3.26. The summed E-state index contributed by atoms with van der Waals surface area (Å²) in [5.41, 5.74) is 5.43. The lowest BCUT2D eigenvalue weighted by atomic mass is 9.90. The number of aromatic hydroxyl groups is 2. The van der Waals surface area contributed by atoms with Crippen molar-refractivity contribution in [2.75, 3.05) is 78.9 Å². The fourth-order valence-electron chi connectivity index (χ4n) is 8.41. The fourth-order valence-corrected chi connectivity index (χ4v) is 8.41. The maximum Gasteiger partial charge on any atom is 0.127 e. The predicted molar refractivity (Wildman–Crippen MR) is 259 cm³/mol. The fraction of sp³-hybridized carbons (Fsp3) is 0.407. The number of phenolic OH excluding ortho intramolecular Hbond substituents is 2. The van der Waals surface area contributed by atoms with Crippen LogP contribution in [0.15, 0.2) is 97.1 Å². The van der Waals surface area contributed by atoms with Gasteiger partial charge in [-0.15, -0.1) is 0 Å². The van der Waals surface area contributed by atoms with Crippen molar-refractivity contribution in [2.24, 2.45) is 0 Å². The summed E-state index contributed by atoms with van der Waals surface area (Å²) in [5, 5.41) is 45.0. The summed E-state index contributed by atoms with van der Waals surface area (Å²) in [4.78, 5) is 4.76. The molecule has 10 nitrogen and oxygen atoms in total. The van der Waals surface area contributed by atoms with E-state index in [9.17, 15) is 20.4 Å². The van der Waals surface area contributed by atoms with Crippen LogP contribution in [0.5, 0.6) is 34.5 Å². The summed E-state index contributed by atoms with van der Waals surface area (Å²) in [6.07, 6.45) is 4.20. The van der Waals surface area contributed by atoms with E-state index in [0.29, 0.717) is 69.2 Å². The van der Waals surface area contributed by atoms with Crippen LogP contribution in [0.4, 0.5) is 0 Å². The number of rotatable bonds is 27. The van der Waals surface area contributed by atoms with Gasteiger partial charge in [0.15, 0.2) is 0 Å². The Morgan fingerprint density at radius 2 is 1.05 bits per heavy atom. The zero-order valence-corrected chi connectivity index (χ0v) is 38.3. The minimum Gasteiger partial charge on any atom is -0.508 e. The Morgan fingerprint density at radius 1 is 0.484 bits per heavy atom. The van der Waals surface area contributed by atoms with E-state index in [2.05, 4.69) is 61.8 Å². The molecule has 0 aliphatic rings. The van der Waals surface area contributed by atoms with Gasteiger partial charge in [0.2, 0.25) is 0 Å². The van der Waals surface area contributed by atoms with Gasteiger partial charge in [-0.25, -0.2) is 0 Å².